The lowest BCUT2D eigenvalue weighted by atomic mass is 9.67. The van der Waals surface area contributed by atoms with E-state index in [9.17, 15) is 0 Å². The first-order valence-electron chi connectivity index (χ1n) is 21.0. The average Bonchev–Trinajstić information content (AvgIpc) is 3.74. The van der Waals surface area contributed by atoms with E-state index in [1.165, 1.54) is 32.4 Å². The number of nitrogens with two attached hydrogens (primary N) is 1. The van der Waals surface area contributed by atoms with Gasteiger partial charge in [0.25, 0.3) is 0 Å². The highest BCUT2D eigenvalue weighted by molar-refractivity contribution is 5.61. The molecule has 0 radical (unpaired) electrons. The van der Waals surface area contributed by atoms with Crippen LogP contribution in [0.25, 0.3) is 0 Å². The first kappa shape index (κ1) is 38.9. The molecular formula is C44H63N7O5. The molecule has 2 aliphatic carbocycles. The summed E-state index contributed by atoms with van der Waals surface area (Å²) in [4.78, 5) is 15.3. The van der Waals surface area contributed by atoms with Crippen LogP contribution < -0.4 is 35.3 Å². The molecule has 8 rings (SSSR count). The van der Waals surface area contributed by atoms with Gasteiger partial charge >= 0.3 is 0 Å². The third-order valence-corrected chi connectivity index (χ3v) is 13.7. The van der Waals surface area contributed by atoms with Crippen molar-refractivity contribution in [3.05, 3.63) is 48.2 Å². The van der Waals surface area contributed by atoms with E-state index in [0.29, 0.717) is 23.0 Å². The Hall–Kier alpha value is -4.00. The fourth-order valence-corrected chi connectivity index (χ4v) is 10.4. The van der Waals surface area contributed by atoms with E-state index in [0.717, 1.165) is 124 Å². The number of hydrogen-bond acceptors (Lipinski definition) is 12. The van der Waals surface area contributed by atoms with Gasteiger partial charge in [-0.2, -0.15) is 4.98 Å². The lowest BCUT2D eigenvalue weighted by Gasteiger charge is -2.42. The van der Waals surface area contributed by atoms with E-state index in [4.69, 9.17) is 39.4 Å². The second-order valence-electron chi connectivity index (χ2n) is 17.5. The molecular weight excluding hydrogens is 707 g/mol. The van der Waals surface area contributed by atoms with Gasteiger partial charge in [0.2, 0.25) is 5.95 Å². The highest BCUT2D eigenvalue weighted by atomic mass is 16.5. The van der Waals surface area contributed by atoms with Crippen LogP contribution in [-0.2, 0) is 4.74 Å². The Morgan fingerprint density at radius 2 is 1.45 bits per heavy atom. The summed E-state index contributed by atoms with van der Waals surface area (Å²) in [7, 11) is 7.88. The molecule has 1 unspecified atom stereocenters. The summed E-state index contributed by atoms with van der Waals surface area (Å²) in [5.74, 6) is 4.93. The second kappa shape index (κ2) is 16.8. The van der Waals surface area contributed by atoms with Gasteiger partial charge < -0.3 is 45.0 Å². The molecule has 1 aromatic heterocycles. The number of nitrogens with one attached hydrogen (secondary N) is 2. The number of nitrogen functional groups attached to an aromatic ring is 1. The number of benzene rings is 2. The highest BCUT2D eigenvalue weighted by Gasteiger charge is 2.49. The molecule has 1 atom stereocenters. The van der Waals surface area contributed by atoms with E-state index in [2.05, 4.69) is 46.7 Å². The average molecular weight is 770 g/mol. The zero-order valence-corrected chi connectivity index (χ0v) is 34.0. The molecule has 304 valence electrons. The molecule has 2 aromatic carbocycles. The van der Waals surface area contributed by atoms with Gasteiger partial charge in [-0.3, -0.25) is 4.90 Å². The molecule has 2 saturated carbocycles. The van der Waals surface area contributed by atoms with E-state index in [-0.39, 0.29) is 23.7 Å². The van der Waals surface area contributed by atoms with E-state index >= 15 is 0 Å². The summed E-state index contributed by atoms with van der Waals surface area (Å²) in [6, 6.07) is 14.0. The van der Waals surface area contributed by atoms with Crippen LogP contribution in [0, 0.1) is 16.7 Å². The van der Waals surface area contributed by atoms with Gasteiger partial charge in [-0.05, 0) is 145 Å². The summed E-state index contributed by atoms with van der Waals surface area (Å²) >= 11 is 0. The third kappa shape index (κ3) is 8.62. The van der Waals surface area contributed by atoms with Crippen molar-refractivity contribution in [3.63, 3.8) is 0 Å². The summed E-state index contributed by atoms with van der Waals surface area (Å²) in [6.45, 7) is 5.93. The highest BCUT2D eigenvalue weighted by Crippen LogP contribution is 2.55. The molecule has 12 heteroatoms. The van der Waals surface area contributed by atoms with Crippen LogP contribution in [0.15, 0.2) is 42.5 Å². The Kier molecular flexibility index (Phi) is 11.7. The van der Waals surface area contributed by atoms with E-state index in [1.807, 2.05) is 30.3 Å². The normalized spacial score (nSPS) is 28.8. The van der Waals surface area contributed by atoms with Gasteiger partial charge in [0.15, 0.2) is 23.0 Å². The topological polar surface area (TPSA) is 128 Å². The maximum atomic E-state index is 6.70. The van der Waals surface area contributed by atoms with Gasteiger partial charge in [-0.15, -0.1) is 0 Å². The minimum absolute atomic E-state index is 0.0889. The quantitative estimate of drug-likeness (QED) is 0.156. The number of aromatic nitrogens is 2. The summed E-state index contributed by atoms with van der Waals surface area (Å²) in [6.07, 6.45) is 13.4. The van der Waals surface area contributed by atoms with Crippen molar-refractivity contribution in [2.45, 2.75) is 95.3 Å². The minimum Gasteiger partial charge on any atom is -0.493 e. The predicted molar refractivity (Wildman–Crippen MR) is 220 cm³/mol. The van der Waals surface area contributed by atoms with Gasteiger partial charge in [-0.25, -0.2) is 4.98 Å². The summed E-state index contributed by atoms with van der Waals surface area (Å²) < 4.78 is 30.3. The molecule has 0 amide bonds. The number of ether oxygens (including phenoxy) is 5. The Morgan fingerprint density at radius 3 is 2.12 bits per heavy atom. The number of hydrogen-bond donors (Lipinski definition) is 3. The zero-order chi connectivity index (χ0) is 38.7. The van der Waals surface area contributed by atoms with Gasteiger partial charge in [-0.1, -0.05) is 0 Å². The summed E-state index contributed by atoms with van der Waals surface area (Å²) in [5, 5.41) is 7.30. The van der Waals surface area contributed by atoms with Crippen molar-refractivity contribution < 1.29 is 23.7 Å². The lowest BCUT2D eigenvalue weighted by molar-refractivity contribution is 0.0510. The van der Waals surface area contributed by atoms with Crippen LogP contribution in [0.1, 0.15) is 88.8 Å². The minimum atomic E-state index is 0.0889. The van der Waals surface area contributed by atoms with Crippen molar-refractivity contribution in [2.24, 2.45) is 16.7 Å². The van der Waals surface area contributed by atoms with Crippen molar-refractivity contribution >= 4 is 23.1 Å². The molecule has 3 saturated heterocycles. The predicted octanol–water partition coefficient (Wildman–Crippen LogP) is 7.69. The molecule has 4 N–H and O–H groups in total. The smallest absolute Gasteiger partial charge is 0.229 e. The Morgan fingerprint density at radius 1 is 0.768 bits per heavy atom. The first-order chi connectivity index (χ1) is 27.2. The Bertz CT molecular complexity index is 1790. The second-order valence-corrected chi connectivity index (χ2v) is 17.5. The number of rotatable bonds is 12. The molecule has 2 spiro atoms. The largest absolute Gasteiger partial charge is 0.493 e. The van der Waals surface area contributed by atoms with Crippen molar-refractivity contribution in [2.75, 3.05) is 84.1 Å². The summed E-state index contributed by atoms with van der Waals surface area (Å²) in [5.41, 5.74) is 9.27. The van der Waals surface area contributed by atoms with Gasteiger partial charge in [0.05, 0.1) is 38.2 Å². The molecule has 5 fully saturated rings. The number of nitrogens with zero attached hydrogens (tertiary/aromatic N) is 4. The fourth-order valence-electron chi connectivity index (χ4n) is 10.4. The zero-order valence-electron chi connectivity index (χ0n) is 34.0. The van der Waals surface area contributed by atoms with Crippen molar-refractivity contribution in [1.82, 2.24) is 19.8 Å². The van der Waals surface area contributed by atoms with Crippen LogP contribution in [0.3, 0.4) is 0 Å². The molecule has 0 bridgehead atoms. The molecule has 3 aliphatic heterocycles. The van der Waals surface area contributed by atoms with Crippen LogP contribution in [0.2, 0.25) is 0 Å². The Balaban J connectivity index is 1.01. The lowest BCUT2D eigenvalue weighted by Crippen LogP contribution is -2.37. The number of methoxy groups -OCH3 is 2. The third-order valence-electron chi connectivity index (χ3n) is 13.7. The van der Waals surface area contributed by atoms with Crippen LogP contribution in [0.5, 0.6) is 23.0 Å². The molecule has 5 aliphatic rings. The van der Waals surface area contributed by atoms with Gasteiger partial charge in [0.1, 0.15) is 5.82 Å². The SMILES string of the molecule is COc1ccc(Nc2nc(NCC3CCOCC3)cc(C3N(C)CCC34CCC(Oc3cc(N)ccc3OC)CC4)n2)cc1OC1CCC2(CC1)CCN(C)C2. The van der Waals surface area contributed by atoms with E-state index < -0.39 is 0 Å². The monoisotopic (exact) mass is 769 g/mol. The maximum Gasteiger partial charge on any atom is 0.229 e. The molecule has 4 heterocycles. The maximum absolute atomic E-state index is 6.70. The van der Waals surface area contributed by atoms with E-state index in [1.54, 1.807) is 14.2 Å². The molecule has 56 heavy (non-hydrogen) atoms. The van der Waals surface area contributed by atoms with Crippen LogP contribution in [-0.4, -0.2) is 99.7 Å². The molecule has 12 nitrogen and oxygen atoms in total. The van der Waals surface area contributed by atoms with Crippen molar-refractivity contribution in [3.8, 4) is 23.0 Å². The van der Waals surface area contributed by atoms with Gasteiger partial charge in [0, 0.05) is 55.9 Å². The number of anilines is 4. The molecule has 3 aromatic rings. The van der Waals surface area contributed by atoms with Crippen molar-refractivity contribution in [1.29, 1.82) is 0 Å². The number of likely N-dealkylation sites (tertiary alicyclic amines) is 2. The van der Waals surface area contributed by atoms with Crippen LogP contribution in [0.4, 0.5) is 23.1 Å². The fraction of sp³-hybridized carbons (Fsp3) is 0.636. The Labute approximate surface area is 333 Å². The standard InChI is InChI=1S/C44H63N7O5/c1-50-21-19-43(29-50)15-9-33(10-16-43)56-39-26-32(6-8-37(39)53-4)47-42-48-35(27-40(49-42)46-28-30-13-23-54-24-14-30)41-44(20-22-51(41)2)17-11-34(12-18-44)55-38-25-31(45)5-7-36(38)52-3/h5-8,25-27,30,33-34,41H,9-24,28-29,45H2,1-4H3,(H2,46,47,48,49). The van der Waals surface area contributed by atoms with Crippen LogP contribution >= 0.6 is 0 Å². The first-order valence-corrected chi connectivity index (χ1v) is 21.0.